The molecule has 1 nitrogen and oxygen atoms in total. The molecular formula is C11H12F4O. The van der Waals surface area contributed by atoms with Crippen molar-refractivity contribution in [2.75, 3.05) is 0 Å². The molecule has 0 heterocycles. The first kappa shape index (κ1) is 12.8. The van der Waals surface area contributed by atoms with Gasteiger partial charge in [-0.15, -0.1) is 13.2 Å². The van der Waals surface area contributed by atoms with E-state index >= 15 is 0 Å². The number of hydrogen-bond acceptors (Lipinski definition) is 1. The SMILES string of the molecule is CCCCc1ccc(F)c(OC(F)(F)F)c1. The molecule has 0 aliphatic heterocycles. The minimum atomic E-state index is -4.86. The lowest BCUT2D eigenvalue weighted by molar-refractivity contribution is -0.275. The molecule has 0 fully saturated rings. The summed E-state index contributed by atoms with van der Waals surface area (Å²) < 4.78 is 52.3. The summed E-state index contributed by atoms with van der Waals surface area (Å²) in [5.74, 6) is -1.77. The van der Waals surface area contributed by atoms with Crippen LogP contribution in [0.3, 0.4) is 0 Å². The van der Waals surface area contributed by atoms with Crippen LogP contribution in [0.1, 0.15) is 25.3 Å². The molecule has 0 aliphatic rings. The van der Waals surface area contributed by atoms with Crippen LogP contribution in [0.15, 0.2) is 18.2 Å². The van der Waals surface area contributed by atoms with Gasteiger partial charge in [-0.2, -0.15) is 0 Å². The van der Waals surface area contributed by atoms with Crippen molar-refractivity contribution in [3.63, 3.8) is 0 Å². The second kappa shape index (κ2) is 5.18. The highest BCUT2D eigenvalue weighted by atomic mass is 19.4. The molecule has 0 bridgehead atoms. The number of ether oxygens (including phenoxy) is 1. The predicted molar refractivity (Wildman–Crippen MR) is 51.7 cm³/mol. The summed E-state index contributed by atoms with van der Waals surface area (Å²) >= 11 is 0. The summed E-state index contributed by atoms with van der Waals surface area (Å²) in [6, 6.07) is 3.55. The standard InChI is InChI=1S/C11H12F4O/c1-2-3-4-8-5-6-9(12)10(7-8)16-11(13,14)15/h5-7H,2-4H2,1H3. The van der Waals surface area contributed by atoms with Crippen molar-refractivity contribution in [2.24, 2.45) is 0 Å². The number of unbranched alkanes of at least 4 members (excludes halogenated alkanes) is 1. The molecule has 5 heteroatoms. The average Bonchev–Trinajstić information content (AvgIpc) is 2.17. The molecule has 0 unspecified atom stereocenters. The monoisotopic (exact) mass is 236 g/mol. The summed E-state index contributed by atoms with van der Waals surface area (Å²) in [4.78, 5) is 0. The van der Waals surface area contributed by atoms with E-state index in [-0.39, 0.29) is 0 Å². The largest absolute Gasteiger partial charge is 0.573 e. The molecule has 0 atom stereocenters. The van der Waals surface area contributed by atoms with Crippen LogP contribution in [0.25, 0.3) is 0 Å². The molecule has 0 saturated carbocycles. The van der Waals surface area contributed by atoms with Gasteiger partial charge in [-0.1, -0.05) is 19.4 Å². The number of halogens is 4. The third-order valence-electron chi connectivity index (χ3n) is 2.04. The van der Waals surface area contributed by atoms with E-state index < -0.39 is 17.9 Å². The lowest BCUT2D eigenvalue weighted by Crippen LogP contribution is -2.18. The second-order valence-electron chi connectivity index (χ2n) is 3.42. The Morgan fingerprint density at radius 3 is 2.50 bits per heavy atom. The maximum absolute atomic E-state index is 13.0. The van der Waals surface area contributed by atoms with Gasteiger partial charge in [-0.3, -0.25) is 0 Å². The van der Waals surface area contributed by atoms with Crippen LogP contribution in [0.5, 0.6) is 5.75 Å². The van der Waals surface area contributed by atoms with Crippen LogP contribution < -0.4 is 4.74 Å². The van der Waals surface area contributed by atoms with Gasteiger partial charge in [0.1, 0.15) is 0 Å². The first-order chi connectivity index (χ1) is 7.42. The third-order valence-corrected chi connectivity index (χ3v) is 2.04. The van der Waals surface area contributed by atoms with Crippen molar-refractivity contribution in [3.8, 4) is 5.75 Å². The molecule has 16 heavy (non-hydrogen) atoms. The normalized spacial score (nSPS) is 11.6. The van der Waals surface area contributed by atoms with E-state index in [1.165, 1.54) is 6.07 Å². The Hall–Kier alpha value is -1.26. The molecule has 90 valence electrons. The molecule has 0 amide bonds. The van der Waals surface area contributed by atoms with E-state index in [1.807, 2.05) is 6.92 Å². The zero-order valence-electron chi connectivity index (χ0n) is 8.77. The van der Waals surface area contributed by atoms with Crippen LogP contribution in [0, 0.1) is 5.82 Å². The van der Waals surface area contributed by atoms with Gasteiger partial charge in [0.25, 0.3) is 0 Å². The average molecular weight is 236 g/mol. The first-order valence-corrected chi connectivity index (χ1v) is 4.96. The Morgan fingerprint density at radius 1 is 1.25 bits per heavy atom. The topological polar surface area (TPSA) is 9.23 Å². The molecular weight excluding hydrogens is 224 g/mol. The third kappa shape index (κ3) is 4.08. The maximum Gasteiger partial charge on any atom is 0.573 e. The molecule has 0 aromatic heterocycles. The van der Waals surface area contributed by atoms with Crippen LogP contribution in [-0.2, 0) is 6.42 Å². The van der Waals surface area contributed by atoms with E-state index in [9.17, 15) is 17.6 Å². The van der Waals surface area contributed by atoms with Crippen LogP contribution in [-0.4, -0.2) is 6.36 Å². The molecule has 0 radical (unpaired) electrons. The van der Waals surface area contributed by atoms with Crippen molar-refractivity contribution in [1.82, 2.24) is 0 Å². The molecule has 1 rings (SSSR count). The van der Waals surface area contributed by atoms with E-state index in [1.54, 1.807) is 0 Å². The van der Waals surface area contributed by atoms with E-state index in [0.29, 0.717) is 12.0 Å². The van der Waals surface area contributed by atoms with Gasteiger partial charge < -0.3 is 4.74 Å². The zero-order chi connectivity index (χ0) is 12.2. The summed E-state index contributed by atoms with van der Waals surface area (Å²) in [6.45, 7) is 1.97. The number of alkyl halides is 3. The zero-order valence-corrected chi connectivity index (χ0v) is 8.77. The summed E-state index contributed by atoms with van der Waals surface area (Å²) in [7, 11) is 0. The van der Waals surface area contributed by atoms with Crippen LogP contribution in [0.4, 0.5) is 17.6 Å². The lowest BCUT2D eigenvalue weighted by Gasteiger charge is -2.10. The van der Waals surface area contributed by atoms with Crippen molar-refractivity contribution in [3.05, 3.63) is 29.6 Å². The Kier molecular flexibility index (Phi) is 4.15. The summed E-state index contributed by atoms with van der Waals surface area (Å²) in [5, 5.41) is 0. The van der Waals surface area contributed by atoms with Crippen molar-refractivity contribution in [1.29, 1.82) is 0 Å². The van der Waals surface area contributed by atoms with Gasteiger partial charge in [0.15, 0.2) is 11.6 Å². The minimum Gasteiger partial charge on any atom is -0.403 e. The van der Waals surface area contributed by atoms with E-state index in [2.05, 4.69) is 4.74 Å². The smallest absolute Gasteiger partial charge is 0.403 e. The fourth-order valence-corrected chi connectivity index (χ4v) is 1.29. The number of aryl methyl sites for hydroxylation is 1. The van der Waals surface area contributed by atoms with Gasteiger partial charge in [0.2, 0.25) is 0 Å². The molecule has 1 aromatic carbocycles. The number of rotatable bonds is 4. The van der Waals surface area contributed by atoms with Gasteiger partial charge >= 0.3 is 6.36 Å². The van der Waals surface area contributed by atoms with Crippen molar-refractivity contribution in [2.45, 2.75) is 32.5 Å². The van der Waals surface area contributed by atoms with E-state index in [0.717, 1.165) is 25.0 Å². The number of hydrogen-bond donors (Lipinski definition) is 0. The second-order valence-corrected chi connectivity index (χ2v) is 3.42. The Morgan fingerprint density at radius 2 is 1.94 bits per heavy atom. The first-order valence-electron chi connectivity index (χ1n) is 4.96. The minimum absolute atomic E-state index is 0.616. The van der Waals surface area contributed by atoms with Gasteiger partial charge in [-0.25, -0.2) is 4.39 Å². The molecule has 0 aliphatic carbocycles. The van der Waals surface area contributed by atoms with Crippen molar-refractivity contribution >= 4 is 0 Å². The fraction of sp³-hybridized carbons (Fsp3) is 0.455. The van der Waals surface area contributed by atoms with Crippen LogP contribution >= 0.6 is 0 Å². The highest BCUT2D eigenvalue weighted by Crippen LogP contribution is 2.26. The predicted octanol–water partition coefficient (Wildman–Crippen LogP) is 4.07. The highest BCUT2D eigenvalue weighted by molar-refractivity contribution is 5.30. The maximum atomic E-state index is 13.0. The Balaban J connectivity index is 2.82. The lowest BCUT2D eigenvalue weighted by atomic mass is 10.1. The van der Waals surface area contributed by atoms with E-state index in [4.69, 9.17) is 0 Å². The number of benzene rings is 1. The van der Waals surface area contributed by atoms with Gasteiger partial charge in [0.05, 0.1) is 0 Å². The Labute approximate surface area is 91.0 Å². The summed E-state index contributed by atoms with van der Waals surface area (Å²) in [5.41, 5.74) is 0.641. The molecule has 0 N–H and O–H groups in total. The van der Waals surface area contributed by atoms with Crippen LogP contribution in [0.2, 0.25) is 0 Å². The summed E-state index contributed by atoms with van der Waals surface area (Å²) in [6.07, 6.45) is -2.47. The molecule has 1 aromatic rings. The highest BCUT2D eigenvalue weighted by Gasteiger charge is 2.32. The van der Waals surface area contributed by atoms with Crippen molar-refractivity contribution < 1.29 is 22.3 Å². The molecule has 0 spiro atoms. The van der Waals surface area contributed by atoms with Gasteiger partial charge in [-0.05, 0) is 30.5 Å². The van der Waals surface area contributed by atoms with Gasteiger partial charge in [0, 0.05) is 0 Å². The Bertz CT molecular complexity index is 346. The quantitative estimate of drug-likeness (QED) is 0.716. The fourth-order valence-electron chi connectivity index (χ4n) is 1.29. The molecule has 0 saturated heterocycles.